The van der Waals surface area contributed by atoms with Crippen molar-refractivity contribution in [2.24, 2.45) is 16.6 Å². The van der Waals surface area contributed by atoms with Crippen LogP contribution in [0.3, 0.4) is 0 Å². The third kappa shape index (κ3) is 4.31. The van der Waals surface area contributed by atoms with Crippen LogP contribution in [0.2, 0.25) is 0 Å². The normalized spacial score (nSPS) is 20.5. The number of benzene rings is 2. The molecular formula is C25H31N3O3. The topological polar surface area (TPSA) is 96.0 Å². The lowest BCUT2D eigenvalue weighted by molar-refractivity contribution is -0.139. The van der Waals surface area contributed by atoms with Crippen LogP contribution in [0.5, 0.6) is 0 Å². The molecule has 2 aromatic carbocycles. The molecule has 0 aromatic heterocycles. The standard InChI is InChI=1S/C25H31N3O3/c1-4-6-16-21(29)18(5-2)23(30)25(26)24(31)28(3)20-15-11-10-14-19(20)22(27-25)17-12-8-7-9-13-17/h7-15,18,21,29H,4-6,16,26H2,1-3H3/t18-,21+,25?/m1/s1. The van der Waals surface area contributed by atoms with Crippen molar-refractivity contribution in [1.82, 2.24) is 0 Å². The Morgan fingerprint density at radius 2 is 1.77 bits per heavy atom. The summed E-state index contributed by atoms with van der Waals surface area (Å²) in [4.78, 5) is 33.2. The maximum absolute atomic E-state index is 13.7. The lowest BCUT2D eigenvalue weighted by Gasteiger charge is -2.31. The van der Waals surface area contributed by atoms with Crippen molar-refractivity contribution < 1.29 is 14.7 Å². The van der Waals surface area contributed by atoms with Gasteiger partial charge >= 0.3 is 0 Å². The van der Waals surface area contributed by atoms with Crippen molar-refractivity contribution in [3.8, 4) is 0 Å². The number of Topliss-reactive ketones (excluding diaryl/α,β-unsaturated/α-hetero) is 1. The first kappa shape index (κ1) is 22.8. The molecule has 6 nitrogen and oxygen atoms in total. The highest BCUT2D eigenvalue weighted by Crippen LogP contribution is 2.32. The van der Waals surface area contributed by atoms with E-state index in [9.17, 15) is 14.7 Å². The minimum atomic E-state index is -2.12. The first-order valence-corrected chi connectivity index (χ1v) is 10.9. The number of unbranched alkanes of at least 4 members (excludes halogenated alkanes) is 1. The van der Waals surface area contributed by atoms with Crippen LogP contribution in [0.25, 0.3) is 0 Å². The summed E-state index contributed by atoms with van der Waals surface area (Å²) in [5.74, 6) is -1.91. The van der Waals surface area contributed by atoms with E-state index in [1.807, 2.05) is 68.4 Å². The number of fused-ring (bicyclic) bond motifs is 1. The largest absolute Gasteiger partial charge is 0.392 e. The van der Waals surface area contributed by atoms with Crippen molar-refractivity contribution in [3.05, 3.63) is 65.7 Å². The molecule has 2 aromatic rings. The molecule has 0 saturated carbocycles. The van der Waals surface area contributed by atoms with Gasteiger partial charge in [-0.3, -0.25) is 15.3 Å². The van der Waals surface area contributed by atoms with E-state index in [2.05, 4.69) is 4.99 Å². The fraction of sp³-hybridized carbons (Fsp3) is 0.400. The number of benzodiazepines with no additional fused rings is 1. The Morgan fingerprint density at radius 3 is 2.42 bits per heavy atom. The SMILES string of the molecule is CCCC[C@H](O)[C@@H](CC)C(=O)C1(N)N=C(c2ccccc2)c2ccccc2N(C)C1=O. The number of carbonyl (C=O) groups excluding carboxylic acids is 2. The van der Waals surface area contributed by atoms with Gasteiger partial charge in [-0.05, 0) is 18.9 Å². The van der Waals surface area contributed by atoms with Crippen LogP contribution in [0.1, 0.15) is 50.7 Å². The second kappa shape index (κ2) is 9.54. The number of rotatable bonds is 8. The van der Waals surface area contributed by atoms with Gasteiger partial charge in [-0.2, -0.15) is 0 Å². The summed E-state index contributed by atoms with van der Waals surface area (Å²) >= 11 is 0. The summed E-state index contributed by atoms with van der Waals surface area (Å²) in [5.41, 5.74) is 7.04. The molecule has 1 aliphatic heterocycles. The molecule has 3 N–H and O–H groups in total. The number of para-hydroxylation sites is 1. The summed E-state index contributed by atoms with van der Waals surface area (Å²) in [6.45, 7) is 3.85. The Kier molecular flexibility index (Phi) is 7.03. The zero-order valence-corrected chi connectivity index (χ0v) is 18.4. The van der Waals surface area contributed by atoms with E-state index in [1.54, 1.807) is 7.05 Å². The average Bonchev–Trinajstić information content (AvgIpc) is 2.88. The Balaban J connectivity index is 2.16. The summed E-state index contributed by atoms with van der Waals surface area (Å²) in [6, 6.07) is 16.8. The second-order valence-electron chi connectivity index (χ2n) is 8.06. The van der Waals surface area contributed by atoms with Gasteiger partial charge in [0.2, 0.25) is 5.66 Å². The van der Waals surface area contributed by atoms with Crippen LogP contribution in [-0.4, -0.2) is 41.3 Å². The van der Waals surface area contributed by atoms with E-state index in [4.69, 9.17) is 5.73 Å². The monoisotopic (exact) mass is 421 g/mol. The molecule has 0 spiro atoms. The molecule has 6 heteroatoms. The van der Waals surface area contributed by atoms with E-state index in [-0.39, 0.29) is 0 Å². The minimum Gasteiger partial charge on any atom is -0.392 e. The quantitative estimate of drug-likeness (QED) is 0.639. The molecule has 0 radical (unpaired) electrons. The maximum Gasteiger partial charge on any atom is 0.277 e. The van der Waals surface area contributed by atoms with Crippen LogP contribution in [-0.2, 0) is 9.59 Å². The highest BCUT2D eigenvalue weighted by molar-refractivity contribution is 6.25. The van der Waals surface area contributed by atoms with Crippen LogP contribution in [0, 0.1) is 5.92 Å². The molecule has 1 amide bonds. The molecule has 0 fully saturated rings. The van der Waals surface area contributed by atoms with Crippen molar-refractivity contribution >= 4 is 23.1 Å². The first-order chi connectivity index (χ1) is 14.8. The zero-order valence-electron chi connectivity index (χ0n) is 18.4. The van der Waals surface area contributed by atoms with Gasteiger partial charge in [-0.15, -0.1) is 0 Å². The molecule has 0 aliphatic carbocycles. The predicted molar refractivity (Wildman–Crippen MR) is 123 cm³/mol. The Bertz CT molecular complexity index is 973. The van der Waals surface area contributed by atoms with Gasteiger partial charge in [-0.1, -0.05) is 75.2 Å². The summed E-state index contributed by atoms with van der Waals surface area (Å²) < 4.78 is 0. The second-order valence-corrected chi connectivity index (χ2v) is 8.06. The van der Waals surface area contributed by atoms with Gasteiger partial charge in [0.05, 0.1) is 17.5 Å². The molecular weight excluding hydrogens is 390 g/mol. The average molecular weight is 422 g/mol. The van der Waals surface area contributed by atoms with Crippen molar-refractivity contribution in [1.29, 1.82) is 0 Å². The van der Waals surface area contributed by atoms with Gasteiger partial charge in [0, 0.05) is 24.1 Å². The van der Waals surface area contributed by atoms with E-state index in [0.29, 0.717) is 24.2 Å². The zero-order chi connectivity index (χ0) is 22.6. The summed E-state index contributed by atoms with van der Waals surface area (Å²) in [6.07, 6.45) is 1.69. The number of aliphatic imine (C=N–C) groups is 1. The molecule has 164 valence electrons. The number of aliphatic hydroxyl groups is 1. The van der Waals surface area contributed by atoms with Crippen molar-refractivity contribution in [2.75, 3.05) is 11.9 Å². The Labute approximate surface area is 183 Å². The van der Waals surface area contributed by atoms with Crippen LogP contribution >= 0.6 is 0 Å². The van der Waals surface area contributed by atoms with Gasteiger partial charge in [0.25, 0.3) is 5.91 Å². The summed E-state index contributed by atoms with van der Waals surface area (Å²) in [5, 5.41) is 10.7. The van der Waals surface area contributed by atoms with E-state index in [1.165, 1.54) is 4.90 Å². The molecule has 3 rings (SSSR count). The maximum atomic E-state index is 13.7. The van der Waals surface area contributed by atoms with E-state index >= 15 is 0 Å². The van der Waals surface area contributed by atoms with Crippen molar-refractivity contribution in [3.63, 3.8) is 0 Å². The number of anilines is 1. The molecule has 1 heterocycles. The van der Waals surface area contributed by atoms with E-state index < -0.39 is 29.4 Å². The lowest BCUT2D eigenvalue weighted by atomic mass is 9.84. The van der Waals surface area contributed by atoms with Crippen LogP contribution in [0.15, 0.2) is 59.6 Å². The number of likely N-dealkylation sites (N-methyl/N-ethyl adjacent to an activating group) is 1. The molecule has 1 unspecified atom stereocenters. The fourth-order valence-corrected chi connectivity index (χ4v) is 4.12. The highest BCUT2D eigenvalue weighted by Gasteiger charge is 2.50. The molecule has 3 atom stereocenters. The smallest absolute Gasteiger partial charge is 0.277 e. The number of nitrogens with two attached hydrogens (primary N) is 1. The predicted octanol–water partition coefficient (Wildman–Crippen LogP) is 3.30. The molecule has 0 saturated heterocycles. The molecule has 0 bridgehead atoms. The summed E-state index contributed by atoms with van der Waals surface area (Å²) in [7, 11) is 1.61. The Morgan fingerprint density at radius 1 is 1.13 bits per heavy atom. The number of aliphatic hydroxyl groups excluding tert-OH is 1. The fourth-order valence-electron chi connectivity index (χ4n) is 4.12. The van der Waals surface area contributed by atoms with Gasteiger partial charge in [0.15, 0.2) is 5.78 Å². The minimum absolute atomic E-state index is 0.378. The van der Waals surface area contributed by atoms with Crippen LogP contribution < -0.4 is 10.6 Å². The highest BCUT2D eigenvalue weighted by atomic mass is 16.3. The Hall–Kier alpha value is -2.83. The van der Waals surface area contributed by atoms with Gasteiger partial charge in [0.1, 0.15) is 0 Å². The molecule has 1 aliphatic rings. The molecule has 31 heavy (non-hydrogen) atoms. The lowest BCUT2D eigenvalue weighted by Crippen LogP contribution is -2.61. The number of carbonyl (C=O) groups is 2. The van der Waals surface area contributed by atoms with Gasteiger partial charge in [-0.25, -0.2) is 4.99 Å². The first-order valence-electron chi connectivity index (χ1n) is 10.9. The van der Waals surface area contributed by atoms with Crippen LogP contribution in [0.4, 0.5) is 5.69 Å². The number of hydrogen-bond acceptors (Lipinski definition) is 5. The number of hydrogen-bond donors (Lipinski definition) is 2. The number of nitrogens with zero attached hydrogens (tertiary/aromatic N) is 2. The van der Waals surface area contributed by atoms with Gasteiger partial charge < -0.3 is 10.0 Å². The number of ketones is 1. The third-order valence-corrected chi connectivity index (χ3v) is 5.96. The van der Waals surface area contributed by atoms with Crippen molar-refractivity contribution in [2.45, 2.75) is 51.3 Å². The third-order valence-electron chi connectivity index (χ3n) is 5.96. The van der Waals surface area contributed by atoms with E-state index in [0.717, 1.165) is 24.0 Å². The number of amides is 1.